The van der Waals surface area contributed by atoms with Crippen molar-refractivity contribution in [2.24, 2.45) is 23.7 Å². The van der Waals surface area contributed by atoms with Crippen LogP contribution in [0, 0.1) is 35.0 Å². The minimum atomic E-state index is -0.00871. The van der Waals surface area contributed by atoms with Crippen molar-refractivity contribution in [1.29, 1.82) is 5.26 Å². The topological polar surface area (TPSA) is 36.7 Å². The first-order chi connectivity index (χ1) is 26.7. The Bertz CT molecular complexity index is 2540. The molecule has 1 aromatic heterocycles. The van der Waals surface area contributed by atoms with Gasteiger partial charge in [0.05, 0.1) is 23.0 Å². The zero-order valence-electron chi connectivity index (χ0n) is 30.3. The Morgan fingerprint density at radius 3 is 1.67 bits per heavy atom. The molecule has 0 atom stereocenters. The molecule has 4 bridgehead atoms. The first-order valence-electron chi connectivity index (χ1n) is 19.7. The first-order valence-corrected chi connectivity index (χ1v) is 19.7. The number of hydrogen-bond donors (Lipinski definition) is 0. The smallest absolute Gasteiger partial charge is 0.0991 e. The second kappa shape index (κ2) is 12.3. The molecule has 258 valence electrons. The van der Waals surface area contributed by atoms with E-state index in [-0.39, 0.29) is 5.41 Å². The van der Waals surface area contributed by atoms with Crippen LogP contribution in [0.3, 0.4) is 0 Å². The molecule has 0 saturated heterocycles. The van der Waals surface area contributed by atoms with E-state index in [1.165, 1.54) is 82.2 Å². The van der Waals surface area contributed by atoms with Crippen LogP contribution in [0.1, 0.15) is 48.8 Å². The van der Waals surface area contributed by atoms with Crippen molar-refractivity contribution < 1.29 is 0 Å². The van der Waals surface area contributed by atoms with Gasteiger partial charge in [-0.3, -0.25) is 0 Å². The molecule has 2 heteroatoms. The van der Waals surface area contributed by atoms with Crippen molar-refractivity contribution in [2.45, 2.75) is 37.5 Å². The largest absolute Gasteiger partial charge is 0.248 e. The molecule has 0 aliphatic heterocycles. The summed E-state index contributed by atoms with van der Waals surface area (Å²) < 4.78 is 0. The van der Waals surface area contributed by atoms with Crippen LogP contribution in [-0.2, 0) is 5.41 Å². The van der Waals surface area contributed by atoms with E-state index in [1.807, 2.05) is 6.07 Å². The molecule has 0 unspecified atom stereocenters. The molecule has 54 heavy (non-hydrogen) atoms. The van der Waals surface area contributed by atoms with Gasteiger partial charge >= 0.3 is 0 Å². The minimum absolute atomic E-state index is 0.00871. The molecular weight excluding hydrogens is 653 g/mol. The van der Waals surface area contributed by atoms with Crippen LogP contribution in [-0.4, -0.2) is 4.98 Å². The van der Waals surface area contributed by atoms with Gasteiger partial charge in [0.2, 0.25) is 0 Å². The zero-order chi connectivity index (χ0) is 35.8. The van der Waals surface area contributed by atoms with Crippen molar-refractivity contribution in [1.82, 2.24) is 4.98 Å². The van der Waals surface area contributed by atoms with E-state index < -0.39 is 0 Å². The van der Waals surface area contributed by atoms with Crippen molar-refractivity contribution in [3.63, 3.8) is 0 Å². The Morgan fingerprint density at radius 2 is 1.00 bits per heavy atom. The monoisotopic (exact) mass is 692 g/mol. The second-order valence-electron chi connectivity index (χ2n) is 16.3. The molecule has 7 aromatic rings. The highest BCUT2D eigenvalue weighted by Gasteiger charge is 2.62. The fourth-order valence-electron chi connectivity index (χ4n) is 11.5. The normalized spacial score (nSPS) is 22.9. The van der Waals surface area contributed by atoms with Crippen LogP contribution in [0.2, 0.25) is 0 Å². The molecule has 0 radical (unpaired) electrons. The predicted molar refractivity (Wildman–Crippen MR) is 219 cm³/mol. The van der Waals surface area contributed by atoms with E-state index in [1.54, 1.807) is 5.56 Å². The molecule has 5 aliphatic carbocycles. The third-order valence-electron chi connectivity index (χ3n) is 13.5. The minimum Gasteiger partial charge on any atom is -0.248 e. The third kappa shape index (κ3) is 4.81. The summed E-state index contributed by atoms with van der Waals surface area (Å²) in [6.45, 7) is 0. The van der Waals surface area contributed by atoms with Crippen LogP contribution >= 0.6 is 0 Å². The average Bonchev–Trinajstić information content (AvgIpc) is 3.53. The maximum absolute atomic E-state index is 9.86. The Hall–Kier alpha value is -6.04. The highest BCUT2D eigenvalue weighted by atomic mass is 14.7. The summed E-state index contributed by atoms with van der Waals surface area (Å²) in [5.41, 5.74) is 18.2. The Balaban J connectivity index is 1.07. The van der Waals surface area contributed by atoms with Gasteiger partial charge in [-0.2, -0.15) is 5.26 Å². The summed E-state index contributed by atoms with van der Waals surface area (Å²) in [5, 5.41) is 9.86. The Labute approximate surface area is 317 Å². The molecule has 12 rings (SSSR count). The number of hydrogen-bond acceptors (Lipinski definition) is 2. The quantitative estimate of drug-likeness (QED) is 0.180. The number of benzene rings is 6. The van der Waals surface area contributed by atoms with E-state index in [2.05, 4.69) is 158 Å². The molecule has 0 amide bonds. The van der Waals surface area contributed by atoms with Gasteiger partial charge in [-0.1, -0.05) is 121 Å². The third-order valence-corrected chi connectivity index (χ3v) is 13.5. The lowest BCUT2D eigenvalue weighted by atomic mass is 9.42. The fraction of sp³-hybridized carbons (Fsp3) is 0.192. The molecule has 1 spiro atoms. The van der Waals surface area contributed by atoms with Crippen molar-refractivity contribution >= 4 is 0 Å². The molecule has 6 aromatic carbocycles. The second-order valence-corrected chi connectivity index (χ2v) is 16.3. The van der Waals surface area contributed by atoms with Crippen molar-refractivity contribution in [3.05, 3.63) is 174 Å². The summed E-state index contributed by atoms with van der Waals surface area (Å²) in [7, 11) is 0. The van der Waals surface area contributed by atoms with Gasteiger partial charge in [-0.15, -0.1) is 0 Å². The van der Waals surface area contributed by atoms with Gasteiger partial charge in [0.25, 0.3) is 0 Å². The SMILES string of the molecule is N#Cc1cccc(-c2cccc3c2C2(c4cc(-c5cccc(-c6cc(-c7ccccc7)nc(-c7ccccc7)c6)c5)ccc4-3)C3CC4CC(C3)CC2C4)c1. The van der Waals surface area contributed by atoms with Crippen LogP contribution in [0.5, 0.6) is 0 Å². The van der Waals surface area contributed by atoms with Crippen LogP contribution in [0.25, 0.3) is 67.0 Å². The summed E-state index contributed by atoms with van der Waals surface area (Å²) >= 11 is 0. The van der Waals surface area contributed by atoms with Gasteiger partial charge < -0.3 is 0 Å². The first kappa shape index (κ1) is 31.5. The van der Waals surface area contributed by atoms with E-state index in [0.717, 1.165) is 39.9 Å². The fourth-order valence-corrected chi connectivity index (χ4v) is 11.5. The van der Waals surface area contributed by atoms with Gasteiger partial charge in [0.1, 0.15) is 0 Å². The molecule has 5 aliphatic rings. The number of rotatable bonds is 5. The highest BCUT2D eigenvalue weighted by molar-refractivity contribution is 5.91. The lowest BCUT2D eigenvalue weighted by Crippen LogP contribution is -2.55. The van der Waals surface area contributed by atoms with Gasteiger partial charge in [0.15, 0.2) is 0 Å². The molecular formula is C52H40N2. The van der Waals surface area contributed by atoms with Gasteiger partial charge in [-0.25, -0.2) is 4.98 Å². The maximum Gasteiger partial charge on any atom is 0.0991 e. The van der Waals surface area contributed by atoms with E-state index in [9.17, 15) is 5.26 Å². The predicted octanol–water partition coefficient (Wildman–Crippen LogP) is 13.0. The molecule has 0 N–H and O–H groups in total. The summed E-state index contributed by atoms with van der Waals surface area (Å²) in [6.07, 6.45) is 6.73. The summed E-state index contributed by atoms with van der Waals surface area (Å²) in [6, 6.07) is 59.7. The summed E-state index contributed by atoms with van der Waals surface area (Å²) in [4.78, 5) is 5.15. The standard InChI is InChI=1S/C52H40N2/c53-32-33-10-7-17-41(23-33)45-18-9-19-47-46-21-20-40(29-48(46)52(51(45)47)43-24-34-22-35(26-43)27-44(52)25-34)38-15-8-16-39(28-38)42-30-49(36-11-3-1-4-12-36)54-50(31-42)37-13-5-2-6-14-37/h1-21,23,28-31,34-35,43-44H,22,24-27H2. The Kier molecular flexibility index (Phi) is 7.15. The highest BCUT2D eigenvalue weighted by Crippen LogP contribution is 2.70. The molecule has 4 fully saturated rings. The van der Waals surface area contributed by atoms with Crippen LogP contribution in [0.15, 0.2) is 158 Å². The maximum atomic E-state index is 9.86. The lowest BCUT2D eigenvalue weighted by molar-refractivity contribution is -0.0397. The van der Waals surface area contributed by atoms with E-state index >= 15 is 0 Å². The van der Waals surface area contributed by atoms with Crippen molar-refractivity contribution in [3.8, 4) is 73.1 Å². The van der Waals surface area contributed by atoms with Crippen LogP contribution in [0.4, 0.5) is 0 Å². The molecule has 1 heterocycles. The average molecular weight is 693 g/mol. The number of nitriles is 1. The van der Waals surface area contributed by atoms with E-state index in [4.69, 9.17) is 4.98 Å². The number of aromatic nitrogens is 1. The van der Waals surface area contributed by atoms with E-state index in [0.29, 0.717) is 11.8 Å². The molecule has 4 saturated carbocycles. The number of pyridine rings is 1. The summed E-state index contributed by atoms with van der Waals surface area (Å²) in [5.74, 6) is 3.00. The van der Waals surface area contributed by atoms with Crippen molar-refractivity contribution in [2.75, 3.05) is 0 Å². The Morgan fingerprint density at radius 1 is 0.444 bits per heavy atom. The van der Waals surface area contributed by atoms with Gasteiger partial charge in [-0.05, 0) is 148 Å². The molecule has 2 nitrogen and oxygen atoms in total. The lowest BCUT2D eigenvalue weighted by Gasteiger charge is -2.61. The number of nitrogens with zero attached hydrogens (tertiary/aromatic N) is 2. The zero-order valence-corrected chi connectivity index (χ0v) is 30.3. The van der Waals surface area contributed by atoms with Gasteiger partial charge in [0, 0.05) is 16.5 Å². The van der Waals surface area contributed by atoms with Crippen LogP contribution < -0.4 is 0 Å². The number of fused-ring (bicyclic) bond motifs is 3.